The van der Waals surface area contributed by atoms with Crippen LogP contribution in [-0.4, -0.2) is 27.2 Å². The lowest BCUT2D eigenvalue weighted by molar-refractivity contribution is -0.162. The molecule has 0 atom stereocenters. The van der Waals surface area contributed by atoms with Gasteiger partial charge in [-0.15, -0.1) is 0 Å². The number of amides is 1. The van der Waals surface area contributed by atoms with Gasteiger partial charge in [0.2, 0.25) is 5.91 Å². The zero-order chi connectivity index (χ0) is 28.0. The third-order valence-corrected chi connectivity index (χ3v) is 6.91. The number of hydrogen-bond acceptors (Lipinski definition) is 4. The number of carbonyl (C=O) groups is 1. The van der Waals surface area contributed by atoms with E-state index in [1.54, 1.807) is 6.07 Å². The first-order chi connectivity index (χ1) is 18.4. The molecule has 1 saturated carbocycles. The van der Waals surface area contributed by atoms with Gasteiger partial charge in [0.15, 0.2) is 0 Å². The fourth-order valence-electron chi connectivity index (χ4n) is 4.53. The number of aromatic amines is 1. The molecule has 1 aliphatic carbocycles. The molecule has 1 fully saturated rings. The van der Waals surface area contributed by atoms with Crippen LogP contribution < -0.4 is 10.1 Å². The smallest absolute Gasteiger partial charge is 0.401 e. The number of nitrogens with one attached hydrogen (secondary N) is 2. The summed E-state index contributed by atoms with van der Waals surface area (Å²) in [5.41, 5.74) is -1.12. The molecular weight excluding hydrogens is 514 g/mol. The molecule has 4 aromatic rings. The van der Waals surface area contributed by atoms with Gasteiger partial charge in [0.05, 0.1) is 23.1 Å². The number of imidazole rings is 1. The van der Waals surface area contributed by atoms with Crippen molar-refractivity contribution in [2.24, 2.45) is 0 Å². The molecule has 1 aliphatic rings. The van der Waals surface area contributed by atoms with Gasteiger partial charge in [-0.05, 0) is 62.6 Å². The Kier molecular flexibility index (Phi) is 6.62. The second-order valence-corrected chi connectivity index (χ2v) is 10.4. The summed E-state index contributed by atoms with van der Waals surface area (Å²) in [6.07, 6.45) is -4.77. The van der Waals surface area contributed by atoms with Gasteiger partial charge in [0.25, 0.3) is 0 Å². The van der Waals surface area contributed by atoms with Crippen LogP contribution in [0.2, 0.25) is 0 Å². The molecule has 0 unspecified atom stereocenters. The van der Waals surface area contributed by atoms with Crippen LogP contribution in [0.15, 0.2) is 60.7 Å². The zero-order valence-electron chi connectivity index (χ0n) is 21.3. The van der Waals surface area contributed by atoms with Crippen molar-refractivity contribution >= 4 is 22.6 Å². The summed E-state index contributed by atoms with van der Waals surface area (Å²) in [4.78, 5) is 19.7. The molecule has 0 aliphatic heterocycles. The normalized spacial score (nSPS) is 14.8. The average molecular weight is 542 g/mol. The maximum atomic E-state index is 15.0. The van der Waals surface area contributed by atoms with E-state index in [2.05, 4.69) is 15.3 Å². The topological polar surface area (TPSA) is 87.2 Å². The van der Waals surface area contributed by atoms with Crippen LogP contribution in [0, 0.1) is 5.82 Å². The largest absolute Gasteiger partial charge is 0.488 e. The van der Waals surface area contributed by atoms with Gasteiger partial charge in [0, 0.05) is 16.8 Å². The fourth-order valence-corrected chi connectivity index (χ4v) is 4.53. The number of ether oxygens (including phenoxy) is 1. The van der Waals surface area contributed by atoms with E-state index >= 15 is 0 Å². The average Bonchev–Trinajstić information content (AvgIpc) is 3.58. The first kappa shape index (κ1) is 26.7. The van der Waals surface area contributed by atoms with E-state index < -0.39 is 28.9 Å². The number of aliphatic hydroxyl groups is 1. The number of rotatable bonds is 8. The van der Waals surface area contributed by atoms with Crippen LogP contribution in [0.25, 0.3) is 11.0 Å². The monoisotopic (exact) mass is 541 g/mol. The van der Waals surface area contributed by atoms with E-state index in [0.29, 0.717) is 11.2 Å². The van der Waals surface area contributed by atoms with Crippen molar-refractivity contribution < 1.29 is 32.2 Å². The van der Waals surface area contributed by atoms with E-state index in [9.17, 15) is 27.5 Å². The number of halogens is 4. The summed E-state index contributed by atoms with van der Waals surface area (Å²) in [5, 5.41) is 13.2. The van der Waals surface area contributed by atoms with E-state index in [1.165, 1.54) is 32.0 Å². The van der Waals surface area contributed by atoms with Gasteiger partial charge in [-0.1, -0.05) is 30.3 Å². The van der Waals surface area contributed by atoms with Gasteiger partial charge < -0.3 is 20.1 Å². The molecule has 3 N–H and O–H groups in total. The second-order valence-electron chi connectivity index (χ2n) is 10.4. The highest BCUT2D eigenvalue weighted by Crippen LogP contribution is 2.58. The molecule has 1 aromatic heterocycles. The highest BCUT2D eigenvalue weighted by Gasteiger charge is 2.66. The number of benzene rings is 3. The Balaban J connectivity index is 1.33. The van der Waals surface area contributed by atoms with Crippen LogP contribution in [0.4, 0.5) is 23.2 Å². The minimum absolute atomic E-state index is 0.0191. The molecule has 1 heterocycles. The molecule has 1 amide bonds. The lowest BCUT2D eigenvalue weighted by atomic mass is 9.94. The number of carbonyl (C=O) groups excluding carboxylic acids is 1. The molecule has 39 heavy (non-hydrogen) atoms. The van der Waals surface area contributed by atoms with Crippen molar-refractivity contribution in [3.8, 4) is 5.75 Å². The highest BCUT2D eigenvalue weighted by molar-refractivity contribution is 5.94. The quantitative estimate of drug-likeness (QED) is 0.229. The van der Waals surface area contributed by atoms with Crippen LogP contribution in [-0.2, 0) is 28.8 Å². The van der Waals surface area contributed by atoms with Crippen molar-refractivity contribution in [2.75, 3.05) is 5.32 Å². The minimum Gasteiger partial charge on any atom is -0.488 e. The first-order valence-corrected chi connectivity index (χ1v) is 12.4. The molecule has 0 saturated heterocycles. The molecule has 3 aromatic carbocycles. The minimum atomic E-state index is -4.40. The summed E-state index contributed by atoms with van der Waals surface area (Å²) in [5.74, 6) is -1.10. The van der Waals surface area contributed by atoms with Crippen molar-refractivity contribution in [2.45, 2.75) is 56.9 Å². The Bertz CT molecular complexity index is 1520. The fraction of sp³-hybridized carbons (Fsp3) is 0.310. The van der Waals surface area contributed by atoms with Crippen molar-refractivity contribution in [3.63, 3.8) is 0 Å². The van der Waals surface area contributed by atoms with Crippen LogP contribution in [0.3, 0.4) is 0 Å². The second kappa shape index (κ2) is 9.68. The van der Waals surface area contributed by atoms with Crippen LogP contribution >= 0.6 is 0 Å². The van der Waals surface area contributed by atoms with E-state index in [-0.39, 0.29) is 54.1 Å². The molecule has 0 radical (unpaired) electrons. The molecule has 10 heteroatoms. The number of aromatic nitrogens is 2. The van der Waals surface area contributed by atoms with Gasteiger partial charge in [-0.3, -0.25) is 4.79 Å². The number of H-pyrrole nitrogens is 1. The summed E-state index contributed by atoms with van der Waals surface area (Å²) in [6.45, 7) is 3.21. The molecule has 6 nitrogen and oxygen atoms in total. The number of fused-ring (bicyclic) bond motifs is 1. The Hall–Kier alpha value is -3.92. The highest BCUT2D eigenvalue weighted by atomic mass is 19.4. The number of hydrogen-bond donors (Lipinski definition) is 3. The summed E-state index contributed by atoms with van der Waals surface area (Å²) >= 11 is 0. The summed E-state index contributed by atoms with van der Waals surface area (Å²) in [7, 11) is 0. The van der Waals surface area contributed by atoms with Crippen LogP contribution in [0.5, 0.6) is 5.75 Å². The molecule has 204 valence electrons. The third kappa shape index (κ3) is 5.47. The van der Waals surface area contributed by atoms with E-state index in [4.69, 9.17) is 4.74 Å². The summed E-state index contributed by atoms with van der Waals surface area (Å²) < 4.78 is 61.3. The Morgan fingerprint density at radius 3 is 2.46 bits per heavy atom. The molecule has 0 bridgehead atoms. The maximum absolute atomic E-state index is 15.0. The SMILES string of the molecule is CC(C)(O)c1cc(F)c(CC(=O)Nc2ccc3[nH]c(C4(C(F)(F)F)CC4)nc3c2)cc1OCc1ccccc1. The molecule has 5 rings (SSSR count). The summed E-state index contributed by atoms with van der Waals surface area (Å²) in [6, 6.07) is 16.4. The van der Waals surface area contributed by atoms with Crippen molar-refractivity contribution in [1.82, 2.24) is 9.97 Å². The standard InChI is InChI=1S/C29H27F4N3O3/c1-27(2,38)20-15-21(30)18(12-24(20)39-16-17-6-4-3-5-7-17)13-25(37)34-19-8-9-22-23(14-19)36-26(35-22)28(10-11-28)29(31,32)33/h3-9,12,14-15,38H,10-11,13,16H2,1-2H3,(H,34,37)(H,35,36). The van der Waals surface area contributed by atoms with E-state index in [1.807, 2.05) is 30.3 Å². The van der Waals surface area contributed by atoms with E-state index in [0.717, 1.165) is 11.6 Å². The molecule has 0 spiro atoms. The Labute approximate surface area is 222 Å². The third-order valence-electron chi connectivity index (χ3n) is 6.91. The first-order valence-electron chi connectivity index (χ1n) is 12.4. The van der Waals surface area contributed by atoms with Crippen molar-refractivity contribution in [1.29, 1.82) is 0 Å². The number of anilines is 1. The van der Waals surface area contributed by atoms with Gasteiger partial charge >= 0.3 is 6.18 Å². The number of alkyl halides is 3. The van der Waals surface area contributed by atoms with Gasteiger partial charge in [-0.2, -0.15) is 13.2 Å². The number of nitrogens with zero attached hydrogens (tertiary/aromatic N) is 1. The predicted octanol–water partition coefficient (Wildman–Crippen LogP) is 6.28. The van der Waals surface area contributed by atoms with Crippen LogP contribution in [0.1, 0.15) is 49.2 Å². The lowest BCUT2D eigenvalue weighted by Crippen LogP contribution is -2.29. The van der Waals surface area contributed by atoms with Gasteiger partial charge in [-0.25, -0.2) is 9.37 Å². The molecular formula is C29H27F4N3O3. The maximum Gasteiger partial charge on any atom is 0.401 e. The van der Waals surface area contributed by atoms with Gasteiger partial charge in [0.1, 0.15) is 29.4 Å². The Morgan fingerprint density at radius 1 is 1.10 bits per heavy atom. The van der Waals surface area contributed by atoms with Crippen molar-refractivity contribution in [3.05, 3.63) is 89.0 Å². The lowest BCUT2D eigenvalue weighted by Gasteiger charge is -2.23. The predicted molar refractivity (Wildman–Crippen MR) is 138 cm³/mol. The Morgan fingerprint density at radius 2 is 1.82 bits per heavy atom. The zero-order valence-corrected chi connectivity index (χ0v) is 21.3.